The zero-order valence-corrected chi connectivity index (χ0v) is 18.9. The first-order valence-electron chi connectivity index (χ1n) is 10.7. The number of anilines is 1. The minimum Gasteiger partial charge on any atom is -0.497 e. The topological polar surface area (TPSA) is 56.8 Å². The van der Waals surface area contributed by atoms with E-state index in [-0.39, 0.29) is 5.91 Å². The fourth-order valence-corrected chi connectivity index (χ4v) is 3.93. The number of nitrogens with one attached hydrogen (secondary N) is 1. The molecule has 1 amide bonds. The van der Waals surface area contributed by atoms with Crippen LogP contribution in [0.3, 0.4) is 0 Å². The van der Waals surface area contributed by atoms with Crippen LogP contribution in [0.2, 0.25) is 5.02 Å². The summed E-state index contributed by atoms with van der Waals surface area (Å²) < 4.78 is 17.1. The largest absolute Gasteiger partial charge is 0.497 e. The highest BCUT2D eigenvalue weighted by Gasteiger charge is 2.19. The van der Waals surface area contributed by atoms with Crippen LogP contribution in [-0.2, 0) is 17.6 Å². The molecule has 3 aromatic carbocycles. The van der Waals surface area contributed by atoms with Crippen molar-refractivity contribution in [1.29, 1.82) is 0 Å². The van der Waals surface area contributed by atoms with Gasteiger partial charge in [-0.25, -0.2) is 0 Å². The molecule has 0 aliphatic heterocycles. The van der Waals surface area contributed by atoms with Gasteiger partial charge in [-0.05, 0) is 86.2 Å². The molecule has 6 heteroatoms. The molecule has 1 aliphatic rings. The summed E-state index contributed by atoms with van der Waals surface area (Å²) >= 11 is 6.17. The van der Waals surface area contributed by atoms with Crippen molar-refractivity contribution in [1.82, 2.24) is 0 Å². The van der Waals surface area contributed by atoms with Gasteiger partial charge in [-0.3, -0.25) is 4.79 Å². The summed E-state index contributed by atoms with van der Waals surface area (Å²) in [4.78, 5) is 12.9. The lowest BCUT2D eigenvalue weighted by Gasteiger charge is -2.20. The van der Waals surface area contributed by atoms with Crippen LogP contribution in [0.4, 0.5) is 5.69 Å². The van der Waals surface area contributed by atoms with Gasteiger partial charge in [-0.2, -0.15) is 0 Å². The Morgan fingerprint density at radius 3 is 2.53 bits per heavy atom. The lowest BCUT2D eigenvalue weighted by molar-refractivity contribution is -0.122. The monoisotopic (exact) mass is 451 g/mol. The van der Waals surface area contributed by atoms with Crippen molar-refractivity contribution in [3.8, 4) is 23.0 Å². The Hall–Kier alpha value is -3.18. The zero-order chi connectivity index (χ0) is 22.5. The van der Waals surface area contributed by atoms with E-state index in [1.807, 2.05) is 24.3 Å². The lowest BCUT2D eigenvalue weighted by atomic mass is 9.92. The second-order valence-corrected chi connectivity index (χ2v) is 8.24. The predicted molar refractivity (Wildman–Crippen MR) is 126 cm³/mol. The van der Waals surface area contributed by atoms with E-state index in [4.69, 9.17) is 25.8 Å². The van der Waals surface area contributed by atoms with Crippen LogP contribution in [0.5, 0.6) is 23.0 Å². The van der Waals surface area contributed by atoms with Crippen LogP contribution < -0.4 is 19.5 Å². The van der Waals surface area contributed by atoms with Gasteiger partial charge in [0, 0.05) is 11.1 Å². The molecular formula is C26H26ClNO4. The summed E-state index contributed by atoms with van der Waals surface area (Å²) in [5.74, 6) is 2.14. The number of benzene rings is 3. The molecule has 1 atom stereocenters. The Labute approximate surface area is 193 Å². The summed E-state index contributed by atoms with van der Waals surface area (Å²) in [6.45, 7) is 1.72. The number of hydrogen-bond donors (Lipinski definition) is 1. The summed E-state index contributed by atoms with van der Waals surface area (Å²) in [5, 5.41) is 3.37. The maximum absolute atomic E-state index is 12.9. The van der Waals surface area contributed by atoms with Crippen molar-refractivity contribution < 1.29 is 19.0 Å². The van der Waals surface area contributed by atoms with E-state index in [2.05, 4.69) is 17.4 Å². The smallest absolute Gasteiger partial charge is 0.265 e. The van der Waals surface area contributed by atoms with Crippen LogP contribution in [-0.4, -0.2) is 19.1 Å². The van der Waals surface area contributed by atoms with Crippen LogP contribution in [0.15, 0.2) is 60.7 Å². The Balaban J connectivity index is 1.46. The molecule has 0 unspecified atom stereocenters. The van der Waals surface area contributed by atoms with Crippen molar-refractivity contribution in [2.24, 2.45) is 0 Å². The van der Waals surface area contributed by atoms with E-state index < -0.39 is 6.10 Å². The van der Waals surface area contributed by atoms with E-state index >= 15 is 0 Å². The third-order valence-corrected chi connectivity index (χ3v) is 5.71. The maximum Gasteiger partial charge on any atom is 0.265 e. The van der Waals surface area contributed by atoms with Crippen molar-refractivity contribution in [2.45, 2.75) is 38.7 Å². The van der Waals surface area contributed by atoms with Gasteiger partial charge in [0.15, 0.2) is 11.9 Å². The average molecular weight is 452 g/mol. The number of methoxy groups -OCH3 is 1. The molecule has 0 saturated carbocycles. The average Bonchev–Trinajstić information content (AvgIpc) is 2.81. The van der Waals surface area contributed by atoms with E-state index in [1.54, 1.807) is 38.3 Å². The van der Waals surface area contributed by atoms with E-state index in [0.717, 1.165) is 12.8 Å². The second kappa shape index (κ2) is 9.96. The minimum absolute atomic E-state index is 0.291. The molecule has 166 valence electrons. The van der Waals surface area contributed by atoms with Gasteiger partial charge in [-0.1, -0.05) is 23.7 Å². The summed E-state index contributed by atoms with van der Waals surface area (Å²) in [7, 11) is 1.59. The molecule has 0 aromatic heterocycles. The molecule has 5 nitrogen and oxygen atoms in total. The molecule has 0 fully saturated rings. The van der Waals surface area contributed by atoms with Gasteiger partial charge in [0.2, 0.25) is 0 Å². The summed E-state index contributed by atoms with van der Waals surface area (Å²) in [6.07, 6.45) is 3.89. The fourth-order valence-electron chi connectivity index (χ4n) is 3.76. The molecule has 32 heavy (non-hydrogen) atoms. The third-order valence-electron chi connectivity index (χ3n) is 5.47. The molecule has 1 aliphatic carbocycles. The molecule has 0 radical (unpaired) electrons. The Kier molecular flexibility index (Phi) is 6.86. The fraction of sp³-hybridized carbons (Fsp3) is 0.269. The number of rotatable bonds is 7. The van der Waals surface area contributed by atoms with E-state index in [1.165, 1.54) is 24.0 Å². The first-order valence-corrected chi connectivity index (χ1v) is 11.1. The van der Waals surface area contributed by atoms with Crippen molar-refractivity contribution in [2.75, 3.05) is 12.4 Å². The Morgan fingerprint density at radius 2 is 1.72 bits per heavy atom. The Bertz CT molecular complexity index is 1110. The molecule has 3 aromatic rings. The number of carbonyl (C=O) groups excluding carboxylic acids is 1. The Morgan fingerprint density at radius 1 is 0.938 bits per heavy atom. The number of hydrogen-bond acceptors (Lipinski definition) is 4. The standard InChI is InChI=1S/C26H26ClNO4/c1-17(31-23-12-10-18-6-3-4-7-19(18)14-23)26(29)28-24-15-20(27)11-13-25(24)32-22-9-5-8-21(16-22)30-2/h5,8-17H,3-4,6-7H2,1-2H3,(H,28,29)/t17-/m0/s1. The first kappa shape index (κ1) is 22.0. The molecule has 0 heterocycles. The first-order chi connectivity index (χ1) is 15.5. The van der Waals surface area contributed by atoms with Gasteiger partial charge in [0.05, 0.1) is 12.8 Å². The molecule has 1 N–H and O–H groups in total. The number of halogens is 1. The van der Waals surface area contributed by atoms with Gasteiger partial charge in [0.1, 0.15) is 17.2 Å². The van der Waals surface area contributed by atoms with Gasteiger partial charge >= 0.3 is 0 Å². The number of ether oxygens (including phenoxy) is 3. The van der Waals surface area contributed by atoms with Gasteiger partial charge < -0.3 is 19.5 Å². The van der Waals surface area contributed by atoms with Crippen molar-refractivity contribution >= 4 is 23.2 Å². The second-order valence-electron chi connectivity index (χ2n) is 7.81. The van der Waals surface area contributed by atoms with Crippen LogP contribution in [0, 0.1) is 0 Å². The third kappa shape index (κ3) is 5.35. The number of carbonyl (C=O) groups is 1. The summed E-state index contributed by atoms with van der Waals surface area (Å²) in [5.41, 5.74) is 3.15. The highest BCUT2D eigenvalue weighted by Crippen LogP contribution is 2.33. The molecule has 0 spiro atoms. The summed E-state index contributed by atoms with van der Waals surface area (Å²) in [6, 6.07) is 18.4. The molecule has 0 saturated heterocycles. The molecular weight excluding hydrogens is 426 g/mol. The molecule has 0 bridgehead atoms. The highest BCUT2D eigenvalue weighted by atomic mass is 35.5. The normalized spacial score (nSPS) is 13.6. The lowest BCUT2D eigenvalue weighted by Crippen LogP contribution is -2.30. The van der Waals surface area contributed by atoms with Gasteiger partial charge in [0.25, 0.3) is 5.91 Å². The van der Waals surface area contributed by atoms with Crippen molar-refractivity contribution in [3.05, 3.63) is 76.8 Å². The van der Waals surface area contributed by atoms with Crippen LogP contribution in [0.25, 0.3) is 0 Å². The minimum atomic E-state index is -0.694. The zero-order valence-electron chi connectivity index (χ0n) is 18.2. The quantitative estimate of drug-likeness (QED) is 0.450. The van der Waals surface area contributed by atoms with Crippen LogP contribution in [0.1, 0.15) is 30.9 Å². The van der Waals surface area contributed by atoms with Gasteiger partial charge in [-0.15, -0.1) is 0 Å². The van der Waals surface area contributed by atoms with Crippen molar-refractivity contribution in [3.63, 3.8) is 0 Å². The SMILES string of the molecule is COc1cccc(Oc2ccc(Cl)cc2NC(=O)[C@H](C)Oc2ccc3c(c2)CCCC3)c1. The number of fused-ring (bicyclic) bond motifs is 1. The van der Waals surface area contributed by atoms with E-state index in [9.17, 15) is 4.79 Å². The number of amides is 1. The maximum atomic E-state index is 12.9. The van der Waals surface area contributed by atoms with Crippen LogP contribution >= 0.6 is 11.6 Å². The predicted octanol–water partition coefficient (Wildman–Crippen LogP) is 6.43. The number of aryl methyl sites for hydroxylation is 2. The molecule has 4 rings (SSSR count). The highest BCUT2D eigenvalue weighted by molar-refractivity contribution is 6.31. The van der Waals surface area contributed by atoms with E-state index in [0.29, 0.717) is 33.7 Å².